The Balaban J connectivity index is 2.14. The van der Waals surface area contributed by atoms with Crippen molar-refractivity contribution in [2.45, 2.75) is 38.1 Å². The average molecular weight is 249 g/mol. The molecule has 0 saturated heterocycles. The highest BCUT2D eigenvalue weighted by Crippen LogP contribution is 2.28. The van der Waals surface area contributed by atoms with E-state index >= 15 is 0 Å². The monoisotopic (exact) mass is 249 g/mol. The van der Waals surface area contributed by atoms with Crippen LogP contribution in [0.4, 0.5) is 5.82 Å². The third-order valence-electron chi connectivity index (χ3n) is 3.58. The zero-order valence-corrected chi connectivity index (χ0v) is 11.1. The highest BCUT2D eigenvalue weighted by atomic mass is 16.5. The summed E-state index contributed by atoms with van der Waals surface area (Å²) >= 11 is 0. The molecule has 0 bridgehead atoms. The van der Waals surface area contributed by atoms with Crippen LogP contribution in [0.5, 0.6) is 5.88 Å². The molecule has 1 saturated carbocycles. The maximum absolute atomic E-state index is 5.64. The van der Waals surface area contributed by atoms with Gasteiger partial charge in [-0.15, -0.1) is 0 Å². The molecule has 0 radical (unpaired) electrons. The third kappa shape index (κ3) is 3.13. The molecule has 4 heteroatoms. The van der Waals surface area contributed by atoms with Crippen molar-refractivity contribution in [2.24, 2.45) is 5.73 Å². The summed E-state index contributed by atoms with van der Waals surface area (Å²) in [5, 5.41) is 0. The summed E-state index contributed by atoms with van der Waals surface area (Å²) in [6.07, 6.45) is 6.20. The molecular weight excluding hydrogens is 226 g/mol. The molecule has 0 atom stereocenters. The van der Waals surface area contributed by atoms with E-state index in [0.717, 1.165) is 25.3 Å². The van der Waals surface area contributed by atoms with E-state index in [2.05, 4.69) is 16.0 Å². The number of nitrogens with zero attached hydrogens (tertiary/aromatic N) is 2. The molecule has 4 nitrogen and oxygen atoms in total. The fourth-order valence-electron chi connectivity index (χ4n) is 2.64. The standard InChI is InChI=1S/C14H23N3O/c1-18-14-9-4-8-13(16-14)17(11-5-10-15)12-6-2-3-7-12/h4,8-9,12H,2-3,5-7,10-11,15H2,1H3. The smallest absolute Gasteiger partial charge is 0.214 e. The van der Waals surface area contributed by atoms with E-state index in [-0.39, 0.29) is 0 Å². The molecule has 1 aromatic heterocycles. The van der Waals surface area contributed by atoms with Gasteiger partial charge in [0.2, 0.25) is 5.88 Å². The lowest BCUT2D eigenvalue weighted by molar-refractivity contribution is 0.397. The van der Waals surface area contributed by atoms with Crippen molar-refractivity contribution < 1.29 is 4.74 Å². The molecule has 1 aliphatic rings. The molecule has 1 fully saturated rings. The molecule has 0 unspecified atom stereocenters. The summed E-state index contributed by atoms with van der Waals surface area (Å²) in [5.74, 6) is 1.71. The van der Waals surface area contributed by atoms with Crippen molar-refractivity contribution in [3.8, 4) is 5.88 Å². The minimum atomic E-state index is 0.621. The van der Waals surface area contributed by atoms with E-state index in [0.29, 0.717) is 11.9 Å². The Morgan fingerprint density at radius 2 is 2.17 bits per heavy atom. The number of pyridine rings is 1. The van der Waals surface area contributed by atoms with Crippen molar-refractivity contribution in [2.75, 3.05) is 25.1 Å². The Morgan fingerprint density at radius 1 is 1.39 bits per heavy atom. The molecule has 2 rings (SSSR count). The van der Waals surface area contributed by atoms with E-state index in [1.807, 2.05) is 12.1 Å². The Morgan fingerprint density at radius 3 is 2.83 bits per heavy atom. The molecule has 100 valence electrons. The number of hydrogen-bond donors (Lipinski definition) is 1. The van der Waals surface area contributed by atoms with Gasteiger partial charge in [-0.05, 0) is 31.9 Å². The Kier molecular flexibility index (Phi) is 4.81. The van der Waals surface area contributed by atoms with Crippen LogP contribution in [0.3, 0.4) is 0 Å². The van der Waals surface area contributed by atoms with Crippen LogP contribution in [0.1, 0.15) is 32.1 Å². The molecule has 1 aromatic rings. The van der Waals surface area contributed by atoms with E-state index in [4.69, 9.17) is 10.5 Å². The lowest BCUT2D eigenvalue weighted by Crippen LogP contribution is -2.35. The van der Waals surface area contributed by atoms with Crippen molar-refractivity contribution >= 4 is 5.82 Å². The number of aromatic nitrogens is 1. The SMILES string of the molecule is COc1cccc(N(CCCN)C2CCCC2)n1. The van der Waals surface area contributed by atoms with Crippen LogP contribution < -0.4 is 15.4 Å². The molecular formula is C14H23N3O. The fraction of sp³-hybridized carbons (Fsp3) is 0.643. The fourth-order valence-corrected chi connectivity index (χ4v) is 2.64. The van der Waals surface area contributed by atoms with Crippen LogP contribution in [0.2, 0.25) is 0 Å². The maximum atomic E-state index is 5.64. The third-order valence-corrected chi connectivity index (χ3v) is 3.58. The molecule has 18 heavy (non-hydrogen) atoms. The summed E-state index contributed by atoms with van der Waals surface area (Å²) in [6, 6.07) is 6.58. The number of ether oxygens (including phenoxy) is 1. The minimum Gasteiger partial charge on any atom is -0.481 e. The van der Waals surface area contributed by atoms with Crippen LogP contribution in [-0.2, 0) is 0 Å². The van der Waals surface area contributed by atoms with E-state index in [9.17, 15) is 0 Å². The second-order valence-corrected chi connectivity index (χ2v) is 4.81. The molecule has 0 spiro atoms. The van der Waals surface area contributed by atoms with Crippen LogP contribution in [0.25, 0.3) is 0 Å². The van der Waals surface area contributed by atoms with E-state index in [1.165, 1.54) is 25.7 Å². The van der Waals surface area contributed by atoms with Crippen LogP contribution in [0, 0.1) is 0 Å². The molecule has 0 aliphatic heterocycles. The van der Waals surface area contributed by atoms with Crippen LogP contribution in [0.15, 0.2) is 18.2 Å². The first kappa shape index (κ1) is 13.1. The molecule has 1 heterocycles. The first-order valence-corrected chi connectivity index (χ1v) is 6.83. The maximum Gasteiger partial charge on any atom is 0.214 e. The topological polar surface area (TPSA) is 51.4 Å². The number of rotatable bonds is 6. The second-order valence-electron chi connectivity index (χ2n) is 4.81. The summed E-state index contributed by atoms with van der Waals surface area (Å²) in [4.78, 5) is 6.96. The number of anilines is 1. The lowest BCUT2D eigenvalue weighted by Gasteiger charge is -2.30. The van der Waals surface area contributed by atoms with Crippen molar-refractivity contribution in [1.29, 1.82) is 0 Å². The molecule has 1 aliphatic carbocycles. The van der Waals surface area contributed by atoms with E-state index < -0.39 is 0 Å². The van der Waals surface area contributed by atoms with Gasteiger partial charge < -0.3 is 15.4 Å². The highest BCUT2D eigenvalue weighted by Gasteiger charge is 2.23. The van der Waals surface area contributed by atoms with Gasteiger partial charge in [0.1, 0.15) is 5.82 Å². The van der Waals surface area contributed by atoms with Gasteiger partial charge in [0.05, 0.1) is 7.11 Å². The van der Waals surface area contributed by atoms with Crippen molar-refractivity contribution in [3.05, 3.63) is 18.2 Å². The highest BCUT2D eigenvalue weighted by molar-refractivity contribution is 5.42. The van der Waals surface area contributed by atoms with Gasteiger partial charge in [0.15, 0.2) is 0 Å². The molecule has 2 N–H and O–H groups in total. The van der Waals surface area contributed by atoms with Gasteiger partial charge in [-0.25, -0.2) is 0 Å². The normalized spacial score (nSPS) is 15.9. The largest absolute Gasteiger partial charge is 0.481 e. The minimum absolute atomic E-state index is 0.621. The Hall–Kier alpha value is -1.29. The lowest BCUT2D eigenvalue weighted by atomic mass is 10.2. The predicted octanol–water partition coefficient (Wildman–Crippen LogP) is 2.19. The Bertz CT molecular complexity index is 364. The Labute approximate surface area is 109 Å². The quantitative estimate of drug-likeness (QED) is 0.839. The van der Waals surface area contributed by atoms with Crippen molar-refractivity contribution in [3.63, 3.8) is 0 Å². The predicted molar refractivity (Wildman–Crippen MR) is 74.1 cm³/mol. The summed E-state index contributed by atoms with van der Waals surface area (Å²) in [6.45, 7) is 1.72. The van der Waals surface area contributed by atoms with Gasteiger partial charge in [-0.3, -0.25) is 0 Å². The first-order chi connectivity index (χ1) is 8.85. The van der Waals surface area contributed by atoms with E-state index in [1.54, 1.807) is 7.11 Å². The number of methoxy groups -OCH3 is 1. The summed E-state index contributed by atoms with van der Waals surface area (Å²) < 4.78 is 5.21. The average Bonchev–Trinajstić information content (AvgIpc) is 2.93. The van der Waals surface area contributed by atoms with Crippen LogP contribution in [-0.4, -0.2) is 31.2 Å². The van der Waals surface area contributed by atoms with Gasteiger partial charge >= 0.3 is 0 Å². The van der Waals surface area contributed by atoms with Gasteiger partial charge in [-0.2, -0.15) is 4.98 Å². The first-order valence-electron chi connectivity index (χ1n) is 6.83. The van der Waals surface area contributed by atoms with Crippen molar-refractivity contribution in [1.82, 2.24) is 4.98 Å². The van der Waals surface area contributed by atoms with Gasteiger partial charge in [-0.1, -0.05) is 18.9 Å². The second kappa shape index (κ2) is 6.59. The summed E-state index contributed by atoms with van der Waals surface area (Å²) in [7, 11) is 1.66. The molecule has 0 amide bonds. The van der Waals surface area contributed by atoms with Crippen LogP contribution >= 0.6 is 0 Å². The summed E-state index contributed by atoms with van der Waals surface area (Å²) in [5.41, 5.74) is 5.64. The number of hydrogen-bond acceptors (Lipinski definition) is 4. The zero-order chi connectivity index (χ0) is 12.8. The van der Waals surface area contributed by atoms with Gasteiger partial charge in [0.25, 0.3) is 0 Å². The zero-order valence-electron chi connectivity index (χ0n) is 11.1. The van der Waals surface area contributed by atoms with Gasteiger partial charge in [0, 0.05) is 18.7 Å². The molecule has 0 aromatic carbocycles. The number of nitrogens with two attached hydrogens (primary N) is 1.